The molecule has 0 fully saturated rings. The zero-order valence-corrected chi connectivity index (χ0v) is 11.2. The molecule has 2 aromatic heterocycles. The number of thiazole rings is 1. The van der Waals surface area contributed by atoms with Gasteiger partial charge in [0.2, 0.25) is 5.89 Å². The Bertz CT molecular complexity index is 512. The molecule has 0 saturated carbocycles. The Morgan fingerprint density at radius 1 is 1.35 bits per heavy atom. The van der Waals surface area contributed by atoms with Crippen molar-refractivity contribution in [3.05, 3.63) is 27.8 Å². The predicted molar refractivity (Wildman–Crippen MR) is 65.9 cm³/mol. The third kappa shape index (κ3) is 2.53. The van der Waals surface area contributed by atoms with Crippen LogP contribution in [0.4, 0.5) is 0 Å². The third-order valence-electron chi connectivity index (χ3n) is 2.26. The number of hydrogen-bond acceptors (Lipinski definition) is 6. The molecule has 0 spiro atoms. The van der Waals surface area contributed by atoms with Gasteiger partial charge in [0.05, 0.1) is 0 Å². The van der Waals surface area contributed by atoms with Crippen molar-refractivity contribution in [2.45, 2.75) is 39.2 Å². The Balaban J connectivity index is 2.26. The van der Waals surface area contributed by atoms with Crippen LogP contribution in [0, 0.1) is 6.92 Å². The molecule has 2 aromatic rings. The van der Waals surface area contributed by atoms with Crippen LogP contribution < -0.4 is 5.73 Å². The van der Waals surface area contributed by atoms with Crippen LogP contribution in [0.2, 0.25) is 0 Å². The number of hydrogen-bond donors (Lipinski definition) is 1. The van der Waals surface area contributed by atoms with Crippen molar-refractivity contribution in [3.63, 3.8) is 0 Å². The van der Waals surface area contributed by atoms with Gasteiger partial charge in [0.25, 0.3) is 0 Å². The van der Waals surface area contributed by atoms with Crippen molar-refractivity contribution in [2.75, 3.05) is 0 Å². The lowest BCUT2D eigenvalue weighted by molar-refractivity contribution is 0.317. The molecular formula is C11H16N4OS. The van der Waals surface area contributed by atoms with Crippen LogP contribution in [-0.4, -0.2) is 15.1 Å². The molecule has 0 radical (unpaired) electrons. The van der Waals surface area contributed by atoms with Gasteiger partial charge in [-0.25, -0.2) is 4.98 Å². The summed E-state index contributed by atoms with van der Waals surface area (Å²) >= 11 is 1.51. The maximum absolute atomic E-state index is 6.05. The second-order valence-electron chi connectivity index (χ2n) is 5.01. The number of aromatic nitrogens is 3. The van der Waals surface area contributed by atoms with Gasteiger partial charge in [-0.05, 0) is 6.92 Å². The molecule has 2 N–H and O–H groups in total. The molecule has 0 aliphatic carbocycles. The number of rotatable bonds is 2. The third-order valence-corrected chi connectivity index (χ3v) is 3.31. The van der Waals surface area contributed by atoms with Crippen molar-refractivity contribution < 1.29 is 4.52 Å². The highest BCUT2D eigenvalue weighted by Gasteiger charge is 2.25. The van der Waals surface area contributed by atoms with Gasteiger partial charge in [0.15, 0.2) is 5.82 Å². The SMILES string of the molecule is Cc1csc(C(N)c2noc(C(C)(C)C)n2)n1. The summed E-state index contributed by atoms with van der Waals surface area (Å²) in [6, 6.07) is -0.409. The van der Waals surface area contributed by atoms with Gasteiger partial charge in [0.1, 0.15) is 11.0 Å². The molecule has 0 aromatic carbocycles. The van der Waals surface area contributed by atoms with Crippen LogP contribution in [0.25, 0.3) is 0 Å². The van der Waals surface area contributed by atoms with E-state index in [0.29, 0.717) is 11.7 Å². The highest BCUT2D eigenvalue weighted by atomic mass is 32.1. The first kappa shape index (κ1) is 12.2. The van der Waals surface area contributed by atoms with Crippen LogP contribution >= 0.6 is 11.3 Å². The van der Waals surface area contributed by atoms with Gasteiger partial charge < -0.3 is 10.3 Å². The first-order valence-electron chi connectivity index (χ1n) is 5.39. The average molecular weight is 252 g/mol. The summed E-state index contributed by atoms with van der Waals surface area (Å²) in [4.78, 5) is 8.66. The monoisotopic (exact) mass is 252 g/mol. The summed E-state index contributed by atoms with van der Waals surface area (Å²) in [6.45, 7) is 7.99. The molecule has 0 bridgehead atoms. The number of nitrogens with zero attached hydrogens (tertiary/aromatic N) is 3. The van der Waals surface area contributed by atoms with E-state index in [0.717, 1.165) is 10.7 Å². The Morgan fingerprint density at radius 2 is 2.06 bits per heavy atom. The highest BCUT2D eigenvalue weighted by Crippen LogP contribution is 2.24. The fourth-order valence-corrected chi connectivity index (χ4v) is 2.08. The predicted octanol–water partition coefficient (Wildman–Crippen LogP) is 2.18. The van der Waals surface area contributed by atoms with Gasteiger partial charge in [-0.2, -0.15) is 4.98 Å². The van der Waals surface area contributed by atoms with E-state index in [1.54, 1.807) is 0 Å². The molecule has 0 saturated heterocycles. The van der Waals surface area contributed by atoms with Crippen LogP contribution in [0.3, 0.4) is 0 Å². The number of nitrogens with two attached hydrogens (primary N) is 1. The fraction of sp³-hybridized carbons (Fsp3) is 0.545. The van der Waals surface area contributed by atoms with E-state index in [1.807, 2.05) is 33.1 Å². The van der Waals surface area contributed by atoms with Gasteiger partial charge in [-0.1, -0.05) is 25.9 Å². The Morgan fingerprint density at radius 3 is 2.53 bits per heavy atom. The molecule has 2 rings (SSSR count). The highest BCUT2D eigenvalue weighted by molar-refractivity contribution is 7.09. The maximum atomic E-state index is 6.05. The lowest BCUT2D eigenvalue weighted by atomic mass is 9.97. The van der Waals surface area contributed by atoms with E-state index in [-0.39, 0.29) is 5.41 Å². The second kappa shape index (κ2) is 4.19. The zero-order chi connectivity index (χ0) is 12.6. The topological polar surface area (TPSA) is 77.8 Å². The lowest BCUT2D eigenvalue weighted by Crippen LogP contribution is -2.15. The van der Waals surface area contributed by atoms with Crippen molar-refractivity contribution in [2.24, 2.45) is 5.73 Å². The van der Waals surface area contributed by atoms with Crippen molar-refractivity contribution >= 4 is 11.3 Å². The molecular weight excluding hydrogens is 236 g/mol. The average Bonchev–Trinajstić information content (AvgIpc) is 2.83. The number of aryl methyl sites for hydroxylation is 1. The van der Waals surface area contributed by atoms with E-state index in [9.17, 15) is 0 Å². The molecule has 6 heteroatoms. The molecule has 0 amide bonds. The second-order valence-corrected chi connectivity index (χ2v) is 5.90. The summed E-state index contributed by atoms with van der Waals surface area (Å²) in [5.74, 6) is 1.08. The van der Waals surface area contributed by atoms with Gasteiger partial charge in [0, 0.05) is 16.5 Å². The van der Waals surface area contributed by atoms with Crippen LogP contribution in [0.15, 0.2) is 9.90 Å². The molecule has 92 valence electrons. The first-order chi connectivity index (χ1) is 7.88. The van der Waals surface area contributed by atoms with Crippen molar-refractivity contribution in [1.82, 2.24) is 15.1 Å². The molecule has 0 aliphatic heterocycles. The Hall–Kier alpha value is -1.27. The normalized spacial score (nSPS) is 13.9. The standard InChI is InChI=1S/C11H16N4OS/c1-6-5-17-9(13-6)7(12)8-14-10(16-15-8)11(2,3)4/h5,7H,12H2,1-4H3. The van der Waals surface area contributed by atoms with E-state index >= 15 is 0 Å². The minimum Gasteiger partial charge on any atom is -0.339 e. The summed E-state index contributed by atoms with van der Waals surface area (Å²) < 4.78 is 5.21. The van der Waals surface area contributed by atoms with E-state index < -0.39 is 6.04 Å². The minimum atomic E-state index is -0.409. The molecule has 2 heterocycles. The van der Waals surface area contributed by atoms with Crippen LogP contribution in [0.5, 0.6) is 0 Å². The van der Waals surface area contributed by atoms with Gasteiger partial charge in [-0.15, -0.1) is 11.3 Å². The maximum Gasteiger partial charge on any atom is 0.232 e. The molecule has 1 atom stereocenters. The summed E-state index contributed by atoms with van der Waals surface area (Å²) in [5.41, 5.74) is 6.84. The quantitative estimate of drug-likeness (QED) is 0.886. The van der Waals surface area contributed by atoms with Crippen LogP contribution in [-0.2, 0) is 5.41 Å². The molecule has 5 nitrogen and oxygen atoms in total. The van der Waals surface area contributed by atoms with E-state index in [2.05, 4.69) is 15.1 Å². The molecule has 1 unspecified atom stereocenters. The van der Waals surface area contributed by atoms with Gasteiger partial charge in [-0.3, -0.25) is 0 Å². The lowest BCUT2D eigenvalue weighted by Gasteiger charge is -2.10. The Kier molecular flexibility index (Phi) is 3.01. The van der Waals surface area contributed by atoms with Crippen molar-refractivity contribution in [3.8, 4) is 0 Å². The summed E-state index contributed by atoms with van der Waals surface area (Å²) in [7, 11) is 0. The molecule has 0 aliphatic rings. The smallest absolute Gasteiger partial charge is 0.232 e. The fourth-order valence-electron chi connectivity index (χ4n) is 1.29. The van der Waals surface area contributed by atoms with E-state index in [1.165, 1.54) is 11.3 Å². The van der Waals surface area contributed by atoms with E-state index in [4.69, 9.17) is 10.3 Å². The molecule has 17 heavy (non-hydrogen) atoms. The van der Waals surface area contributed by atoms with Crippen molar-refractivity contribution in [1.29, 1.82) is 0 Å². The largest absolute Gasteiger partial charge is 0.339 e. The minimum absolute atomic E-state index is 0.163. The summed E-state index contributed by atoms with van der Waals surface area (Å²) in [5, 5.41) is 6.69. The Labute approximate surface area is 104 Å². The van der Waals surface area contributed by atoms with Crippen LogP contribution in [0.1, 0.15) is 49.2 Å². The zero-order valence-electron chi connectivity index (χ0n) is 10.4. The summed E-state index contributed by atoms with van der Waals surface area (Å²) in [6.07, 6.45) is 0. The first-order valence-corrected chi connectivity index (χ1v) is 6.27. The van der Waals surface area contributed by atoms with Gasteiger partial charge >= 0.3 is 0 Å².